The first kappa shape index (κ1) is 12.0. The van der Waals surface area contributed by atoms with Crippen molar-refractivity contribution in [3.8, 4) is 0 Å². The van der Waals surface area contributed by atoms with E-state index in [0.29, 0.717) is 12.1 Å². The van der Waals surface area contributed by atoms with Gasteiger partial charge in [-0.1, -0.05) is 27.7 Å². The average molecular weight is 197 g/mol. The van der Waals surface area contributed by atoms with Crippen molar-refractivity contribution in [3.05, 3.63) is 0 Å². The van der Waals surface area contributed by atoms with Crippen LogP contribution in [0.3, 0.4) is 0 Å². The lowest BCUT2D eigenvalue weighted by Gasteiger charge is -2.43. The summed E-state index contributed by atoms with van der Waals surface area (Å²) in [5.74, 6) is 3.34. The van der Waals surface area contributed by atoms with Crippen LogP contribution in [0.25, 0.3) is 0 Å². The zero-order valence-corrected chi connectivity index (χ0v) is 10.7. The van der Waals surface area contributed by atoms with E-state index in [2.05, 4.69) is 46.9 Å². The maximum atomic E-state index is 3.74. The SMILES string of the molecule is CC(C)C1CC(C(C)C)C(C)NC1C. The van der Waals surface area contributed by atoms with E-state index >= 15 is 0 Å². The third-order valence-corrected chi connectivity index (χ3v) is 4.07. The highest BCUT2D eigenvalue weighted by atomic mass is 15.0. The Morgan fingerprint density at radius 2 is 1.21 bits per heavy atom. The van der Waals surface area contributed by atoms with E-state index < -0.39 is 0 Å². The first-order valence-electron chi connectivity index (χ1n) is 6.19. The molecule has 1 N–H and O–H groups in total. The van der Waals surface area contributed by atoms with Crippen molar-refractivity contribution >= 4 is 0 Å². The molecule has 1 saturated heterocycles. The van der Waals surface area contributed by atoms with Gasteiger partial charge in [0.2, 0.25) is 0 Å². The second-order valence-electron chi connectivity index (χ2n) is 5.80. The zero-order valence-electron chi connectivity index (χ0n) is 10.7. The summed E-state index contributed by atoms with van der Waals surface area (Å²) in [6.07, 6.45) is 1.41. The van der Waals surface area contributed by atoms with Gasteiger partial charge in [0.1, 0.15) is 0 Å². The maximum absolute atomic E-state index is 3.74. The van der Waals surface area contributed by atoms with Crippen LogP contribution in [-0.2, 0) is 0 Å². The molecule has 1 rings (SSSR count). The van der Waals surface area contributed by atoms with Gasteiger partial charge in [-0.15, -0.1) is 0 Å². The number of nitrogens with one attached hydrogen (secondary N) is 1. The van der Waals surface area contributed by atoms with Crippen LogP contribution in [0.15, 0.2) is 0 Å². The lowest BCUT2D eigenvalue weighted by Crippen LogP contribution is -2.52. The van der Waals surface area contributed by atoms with Crippen molar-refractivity contribution in [1.82, 2.24) is 5.32 Å². The van der Waals surface area contributed by atoms with E-state index in [1.165, 1.54) is 6.42 Å². The predicted molar refractivity (Wildman–Crippen MR) is 63.3 cm³/mol. The Morgan fingerprint density at radius 3 is 1.50 bits per heavy atom. The molecule has 1 heterocycles. The van der Waals surface area contributed by atoms with Crippen molar-refractivity contribution in [2.24, 2.45) is 23.7 Å². The quantitative estimate of drug-likeness (QED) is 0.716. The Labute approximate surface area is 89.7 Å². The Balaban J connectivity index is 2.65. The van der Waals surface area contributed by atoms with E-state index in [1.54, 1.807) is 0 Å². The molecule has 0 saturated carbocycles. The van der Waals surface area contributed by atoms with Crippen LogP contribution in [0.1, 0.15) is 48.0 Å². The molecule has 1 fully saturated rings. The molecule has 1 aliphatic rings. The molecule has 0 radical (unpaired) electrons. The first-order valence-corrected chi connectivity index (χ1v) is 6.19. The lowest BCUT2D eigenvalue weighted by atomic mass is 9.72. The van der Waals surface area contributed by atoms with E-state index in [4.69, 9.17) is 0 Å². The Hall–Kier alpha value is -0.0400. The van der Waals surface area contributed by atoms with Gasteiger partial charge in [-0.2, -0.15) is 0 Å². The van der Waals surface area contributed by atoms with Gasteiger partial charge in [0.25, 0.3) is 0 Å². The first-order chi connectivity index (χ1) is 6.43. The Bertz CT molecular complexity index is 156. The van der Waals surface area contributed by atoms with E-state index in [9.17, 15) is 0 Å². The highest BCUT2D eigenvalue weighted by Crippen LogP contribution is 2.34. The summed E-state index contributed by atoms with van der Waals surface area (Å²) in [6, 6.07) is 1.39. The highest BCUT2D eigenvalue weighted by Gasteiger charge is 2.34. The van der Waals surface area contributed by atoms with Crippen molar-refractivity contribution in [2.45, 2.75) is 60.0 Å². The minimum absolute atomic E-state index is 0.694. The Kier molecular flexibility index (Phi) is 4.00. The van der Waals surface area contributed by atoms with Crippen LogP contribution in [0.5, 0.6) is 0 Å². The minimum Gasteiger partial charge on any atom is -0.311 e. The molecule has 0 aromatic carbocycles. The summed E-state index contributed by atoms with van der Waals surface area (Å²) in [7, 11) is 0. The third-order valence-electron chi connectivity index (χ3n) is 4.07. The second-order valence-corrected chi connectivity index (χ2v) is 5.80. The molecule has 0 aromatic heterocycles. The summed E-state index contributed by atoms with van der Waals surface area (Å²) in [6.45, 7) is 14.1. The number of hydrogen-bond donors (Lipinski definition) is 1. The van der Waals surface area contributed by atoms with E-state index in [-0.39, 0.29) is 0 Å². The van der Waals surface area contributed by atoms with E-state index in [0.717, 1.165) is 23.7 Å². The van der Waals surface area contributed by atoms with E-state index in [1.807, 2.05) is 0 Å². The van der Waals surface area contributed by atoms with Gasteiger partial charge in [-0.25, -0.2) is 0 Å². The third kappa shape index (κ3) is 2.50. The molecular weight excluding hydrogens is 170 g/mol. The lowest BCUT2D eigenvalue weighted by molar-refractivity contribution is 0.113. The minimum atomic E-state index is 0.694. The van der Waals surface area contributed by atoms with Crippen molar-refractivity contribution < 1.29 is 0 Å². The fourth-order valence-corrected chi connectivity index (χ4v) is 3.08. The molecule has 14 heavy (non-hydrogen) atoms. The standard InChI is InChI=1S/C13H27N/c1-8(2)12-7-13(9(3)4)11(6)14-10(12)5/h8-14H,7H2,1-6H3. The van der Waals surface area contributed by atoms with Crippen molar-refractivity contribution in [2.75, 3.05) is 0 Å². The number of rotatable bonds is 2. The van der Waals surface area contributed by atoms with Crippen molar-refractivity contribution in [3.63, 3.8) is 0 Å². The molecule has 0 aromatic rings. The van der Waals surface area contributed by atoms with Crippen LogP contribution in [-0.4, -0.2) is 12.1 Å². The maximum Gasteiger partial charge on any atom is 0.00721 e. The fraction of sp³-hybridized carbons (Fsp3) is 1.00. The van der Waals surface area contributed by atoms with Gasteiger partial charge in [0.15, 0.2) is 0 Å². The molecule has 1 aliphatic heterocycles. The largest absolute Gasteiger partial charge is 0.311 e. The van der Waals surface area contributed by atoms with Crippen LogP contribution < -0.4 is 5.32 Å². The molecule has 84 valence electrons. The van der Waals surface area contributed by atoms with Gasteiger partial charge >= 0.3 is 0 Å². The molecule has 4 atom stereocenters. The summed E-state index contributed by atoms with van der Waals surface area (Å²) < 4.78 is 0. The summed E-state index contributed by atoms with van der Waals surface area (Å²) in [5.41, 5.74) is 0. The van der Waals surface area contributed by atoms with Gasteiger partial charge in [0, 0.05) is 12.1 Å². The van der Waals surface area contributed by atoms with Crippen LogP contribution in [0.2, 0.25) is 0 Å². The van der Waals surface area contributed by atoms with Crippen molar-refractivity contribution in [1.29, 1.82) is 0 Å². The highest BCUT2D eigenvalue weighted by molar-refractivity contribution is 4.90. The van der Waals surface area contributed by atoms with Gasteiger partial charge in [-0.05, 0) is 43.9 Å². The van der Waals surface area contributed by atoms with Crippen LogP contribution >= 0.6 is 0 Å². The molecule has 0 amide bonds. The Morgan fingerprint density at radius 1 is 0.857 bits per heavy atom. The molecule has 0 spiro atoms. The predicted octanol–water partition coefficient (Wildman–Crippen LogP) is 3.30. The second kappa shape index (κ2) is 4.65. The molecular formula is C13H27N. The molecule has 4 unspecified atom stereocenters. The molecule has 1 heteroatoms. The van der Waals surface area contributed by atoms with Gasteiger partial charge in [-0.3, -0.25) is 0 Å². The van der Waals surface area contributed by atoms with Gasteiger partial charge < -0.3 is 5.32 Å². The topological polar surface area (TPSA) is 12.0 Å². The molecule has 1 nitrogen and oxygen atoms in total. The number of piperidine rings is 1. The summed E-state index contributed by atoms with van der Waals surface area (Å²) >= 11 is 0. The normalized spacial score (nSPS) is 39.4. The average Bonchev–Trinajstić information content (AvgIpc) is 2.02. The zero-order chi connectivity index (χ0) is 10.9. The smallest absolute Gasteiger partial charge is 0.00721 e. The van der Waals surface area contributed by atoms with Crippen LogP contribution in [0, 0.1) is 23.7 Å². The summed E-state index contributed by atoms with van der Waals surface area (Å²) in [4.78, 5) is 0. The molecule has 0 bridgehead atoms. The molecule has 0 aliphatic carbocycles. The summed E-state index contributed by atoms with van der Waals surface area (Å²) in [5, 5.41) is 3.74. The fourth-order valence-electron chi connectivity index (χ4n) is 3.08. The number of hydrogen-bond acceptors (Lipinski definition) is 1. The van der Waals surface area contributed by atoms with Gasteiger partial charge in [0.05, 0.1) is 0 Å². The monoisotopic (exact) mass is 197 g/mol. The van der Waals surface area contributed by atoms with Crippen LogP contribution in [0.4, 0.5) is 0 Å².